The number of fused-ring (bicyclic) bond motifs is 2. The molecule has 0 unspecified atom stereocenters. The number of piperidine rings is 1. The highest BCUT2D eigenvalue weighted by Gasteiger charge is 2.59. The number of rotatable bonds is 0. The van der Waals surface area contributed by atoms with Crippen molar-refractivity contribution in [2.45, 2.75) is 45.6 Å². The maximum Gasteiger partial charge on any atom is 0.246 e. The van der Waals surface area contributed by atoms with Gasteiger partial charge in [0, 0.05) is 6.42 Å². The number of carbonyl (C=O) groups is 1. The second-order valence-corrected chi connectivity index (χ2v) is 5.14. The van der Waals surface area contributed by atoms with E-state index >= 15 is 0 Å². The van der Waals surface area contributed by atoms with Gasteiger partial charge >= 0.3 is 0 Å². The fourth-order valence-corrected chi connectivity index (χ4v) is 2.89. The molecule has 1 N–H and O–H groups in total. The topological polar surface area (TPSA) is 40.5 Å². The number of amides is 1. The molecule has 3 heteroatoms. The third-order valence-electron chi connectivity index (χ3n) is 4.51. The van der Waals surface area contributed by atoms with E-state index in [4.69, 9.17) is 0 Å². The van der Waals surface area contributed by atoms with E-state index < -0.39 is 0 Å². The van der Waals surface area contributed by atoms with Crippen molar-refractivity contribution in [3.05, 3.63) is 0 Å². The maximum atomic E-state index is 11.4. The minimum atomic E-state index is -0.340. The van der Waals surface area contributed by atoms with E-state index in [1.165, 1.54) is 0 Å². The van der Waals surface area contributed by atoms with Crippen LogP contribution in [0.15, 0.2) is 0 Å². The molecule has 0 aromatic rings. The molecule has 2 fully saturated rings. The molecular formula is C10H17NO2. The molecule has 0 aromatic carbocycles. The van der Waals surface area contributed by atoms with Crippen LogP contribution in [-0.4, -0.2) is 21.7 Å². The van der Waals surface area contributed by atoms with Crippen molar-refractivity contribution in [3.63, 3.8) is 0 Å². The molecule has 1 aliphatic carbocycles. The summed E-state index contributed by atoms with van der Waals surface area (Å²) in [7, 11) is 0. The summed E-state index contributed by atoms with van der Waals surface area (Å²) in [6.07, 6.45) is 2.50. The second kappa shape index (κ2) is 2.27. The molecule has 1 saturated carbocycles. The summed E-state index contributed by atoms with van der Waals surface area (Å²) in [6, 6.07) is 0. The van der Waals surface area contributed by atoms with E-state index in [0.29, 0.717) is 12.3 Å². The zero-order valence-corrected chi connectivity index (χ0v) is 8.50. The fraction of sp³-hybridized carbons (Fsp3) is 0.900. The molecule has 2 rings (SSSR count). The van der Waals surface area contributed by atoms with Crippen molar-refractivity contribution < 1.29 is 10.0 Å². The monoisotopic (exact) mass is 183 g/mol. The first-order chi connectivity index (χ1) is 5.89. The molecule has 13 heavy (non-hydrogen) atoms. The van der Waals surface area contributed by atoms with Crippen LogP contribution in [0, 0.1) is 11.3 Å². The van der Waals surface area contributed by atoms with Gasteiger partial charge in [-0.3, -0.25) is 10.0 Å². The predicted octanol–water partition coefficient (Wildman–Crippen LogP) is 1.80. The molecule has 2 atom stereocenters. The average molecular weight is 183 g/mol. The standard InChI is InChI=1S/C10H17NO2/c1-9(2)7-4-5-10(9,3)11(13)8(12)6-7/h7,13H,4-6H2,1-3H3/t7-,10-/m0/s1. The van der Waals surface area contributed by atoms with Gasteiger partial charge in [-0.2, -0.15) is 0 Å². The molecule has 0 aromatic heterocycles. The molecule has 1 amide bonds. The Morgan fingerprint density at radius 2 is 2.08 bits per heavy atom. The molecule has 74 valence electrons. The number of nitrogens with zero attached hydrogens (tertiary/aromatic N) is 1. The summed E-state index contributed by atoms with van der Waals surface area (Å²) in [4.78, 5) is 11.4. The fourth-order valence-electron chi connectivity index (χ4n) is 2.89. The van der Waals surface area contributed by atoms with Crippen LogP contribution in [0.25, 0.3) is 0 Å². The van der Waals surface area contributed by atoms with Crippen LogP contribution in [0.3, 0.4) is 0 Å². The first-order valence-electron chi connectivity index (χ1n) is 4.91. The SMILES string of the molecule is CC1(C)[C@H]2CC[C@]1(C)N(O)C(=O)C2. The van der Waals surface area contributed by atoms with Gasteiger partial charge in [-0.25, -0.2) is 5.06 Å². The minimum Gasteiger partial charge on any atom is -0.285 e. The molecule has 2 aliphatic rings. The smallest absolute Gasteiger partial charge is 0.246 e. The van der Waals surface area contributed by atoms with Crippen LogP contribution >= 0.6 is 0 Å². The Hall–Kier alpha value is -0.570. The van der Waals surface area contributed by atoms with Gasteiger partial charge < -0.3 is 0 Å². The van der Waals surface area contributed by atoms with E-state index in [0.717, 1.165) is 17.9 Å². The Morgan fingerprint density at radius 3 is 2.69 bits per heavy atom. The number of hydrogen-bond acceptors (Lipinski definition) is 2. The predicted molar refractivity (Wildman–Crippen MR) is 48.2 cm³/mol. The summed E-state index contributed by atoms with van der Waals surface area (Å²) in [5.41, 5.74) is -0.289. The second-order valence-electron chi connectivity index (χ2n) is 5.14. The summed E-state index contributed by atoms with van der Waals surface area (Å²) in [6.45, 7) is 6.30. The maximum absolute atomic E-state index is 11.4. The average Bonchev–Trinajstić information content (AvgIpc) is 2.18. The van der Waals surface area contributed by atoms with Gasteiger partial charge in [0.2, 0.25) is 5.91 Å². The zero-order valence-electron chi connectivity index (χ0n) is 8.50. The van der Waals surface area contributed by atoms with E-state index in [2.05, 4.69) is 13.8 Å². The van der Waals surface area contributed by atoms with Gasteiger partial charge in [0.25, 0.3) is 0 Å². The minimum absolute atomic E-state index is 0.0513. The lowest BCUT2D eigenvalue weighted by atomic mass is 9.67. The highest BCUT2D eigenvalue weighted by Crippen LogP contribution is 2.56. The van der Waals surface area contributed by atoms with Crippen molar-refractivity contribution in [2.24, 2.45) is 11.3 Å². The van der Waals surface area contributed by atoms with Gasteiger partial charge in [0.15, 0.2) is 0 Å². The molecule has 3 nitrogen and oxygen atoms in total. The Balaban J connectivity index is 2.44. The molecule has 0 radical (unpaired) electrons. The van der Waals surface area contributed by atoms with Gasteiger partial charge in [0.05, 0.1) is 5.54 Å². The van der Waals surface area contributed by atoms with E-state index in [1.807, 2.05) is 6.92 Å². The molecule has 1 saturated heterocycles. The lowest BCUT2D eigenvalue weighted by Crippen LogP contribution is -2.59. The summed E-state index contributed by atoms with van der Waals surface area (Å²) < 4.78 is 0. The van der Waals surface area contributed by atoms with Crippen LogP contribution in [0.2, 0.25) is 0 Å². The van der Waals surface area contributed by atoms with Gasteiger partial charge in [-0.15, -0.1) is 0 Å². The van der Waals surface area contributed by atoms with Crippen molar-refractivity contribution in [1.82, 2.24) is 5.06 Å². The lowest BCUT2D eigenvalue weighted by molar-refractivity contribution is -0.221. The van der Waals surface area contributed by atoms with Crippen molar-refractivity contribution in [3.8, 4) is 0 Å². The summed E-state index contributed by atoms with van der Waals surface area (Å²) in [5.74, 6) is 0.345. The molecular weight excluding hydrogens is 166 g/mol. The van der Waals surface area contributed by atoms with Crippen molar-refractivity contribution in [1.29, 1.82) is 0 Å². The van der Waals surface area contributed by atoms with Crippen molar-refractivity contribution >= 4 is 5.91 Å². The number of carbonyl (C=O) groups excluding carboxylic acids is 1. The molecule has 2 bridgehead atoms. The third-order valence-corrected chi connectivity index (χ3v) is 4.51. The Labute approximate surface area is 78.7 Å². The van der Waals surface area contributed by atoms with E-state index in [9.17, 15) is 10.0 Å². The number of hydrogen-bond donors (Lipinski definition) is 1. The van der Waals surface area contributed by atoms with Crippen LogP contribution in [0.1, 0.15) is 40.0 Å². The molecule has 0 spiro atoms. The highest BCUT2D eigenvalue weighted by atomic mass is 16.5. The summed E-state index contributed by atoms with van der Waals surface area (Å²) in [5, 5.41) is 10.7. The number of hydroxylamine groups is 2. The zero-order chi connectivity index (χ0) is 9.85. The van der Waals surface area contributed by atoms with Crippen LogP contribution in [-0.2, 0) is 4.79 Å². The summed E-state index contributed by atoms with van der Waals surface area (Å²) >= 11 is 0. The first-order valence-corrected chi connectivity index (χ1v) is 4.91. The Morgan fingerprint density at radius 1 is 1.46 bits per heavy atom. The normalized spacial score (nSPS) is 42.6. The van der Waals surface area contributed by atoms with E-state index in [1.54, 1.807) is 0 Å². The van der Waals surface area contributed by atoms with Gasteiger partial charge in [-0.1, -0.05) is 13.8 Å². The Kier molecular flexibility index (Phi) is 1.57. The van der Waals surface area contributed by atoms with Crippen molar-refractivity contribution in [2.75, 3.05) is 0 Å². The lowest BCUT2D eigenvalue weighted by Gasteiger charge is -2.49. The first kappa shape index (κ1) is 9.00. The Bertz CT molecular complexity index is 262. The van der Waals surface area contributed by atoms with Crippen LogP contribution in [0.4, 0.5) is 0 Å². The molecule has 1 heterocycles. The van der Waals surface area contributed by atoms with Crippen LogP contribution < -0.4 is 0 Å². The quantitative estimate of drug-likeness (QED) is 0.582. The van der Waals surface area contributed by atoms with Gasteiger partial charge in [-0.05, 0) is 31.1 Å². The van der Waals surface area contributed by atoms with Crippen LogP contribution in [0.5, 0.6) is 0 Å². The van der Waals surface area contributed by atoms with Gasteiger partial charge in [0.1, 0.15) is 0 Å². The highest BCUT2D eigenvalue weighted by molar-refractivity contribution is 5.78. The largest absolute Gasteiger partial charge is 0.285 e. The molecule has 1 aliphatic heterocycles. The third kappa shape index (κ3) is 0.857. The van der Waals surface area contributed by atoms with E-state index in [-0.39, 0.29) is 16.9 Å².